The number of aliphatic hydroxyl groups is 1. The molecule has 0 bridgehead atoms. The molecule has 1 aromatic rings. The van der Waals surface area contributed by atoms with Gasteiger partial charge in [-0.1, -0.05) is 0 Å². The van der Waals surface area contributed by atoms with E-state index >= 15 is 0 Å². The van der Waals surface area contributed by atoms with E-state index in [0.29, 0.717) is 19.0 Å². The first kappa shape index (κ1) is 12.2. The zero-order chi connectivity index (χ0) is 11.3. The van der Waals surface area contributed by atoms with Crippen LogP contribution in [0.2, 0.25) is 0 Å². The Morgan fingerprint density at radius 2 is 2.27 bits per heavy atom. The summed E-state index contributed by atoms with van der Waals surface area (Å²) in [6.07, 6.45) is 0. The molecule has 0 amide bonds. The Kier molecular flexibility index (Phi) is 4.74. The number of oxazole rings is 1. The number of nitrogens with one attached hydrogen (secondary N) is 1. The van der Waals surface area contributed by atoms with E-state index in [4.69, 9.17) is 14.3 Å². The standard InChI is InChI=1S/C10H18N2O3/c1-7-8(2)15-10(12-7)4-11-9(5-13)6-14-3/h9,11,13H,4-6H2,1-3H3. The summed E-state index contributed by atoms with van der Waals surface area (Å²) in [6.45, 7) is 4.79. The molecule has 0 fully saturated rings. The van der Waals surface area contributed by atoms with Crippen molar-refractivity contribution in [2.24, 2.45) is 0 Å². The molecule has 1 heterocycles. The normalized spacial score (nSPS) is 13.1. The van der Waals surface area contributed by atoms with E-state index in [1.54, 1.807) is 7.11 Å². The van der Waals surface area contributed by atoms with Crippen LogP contribution in [0.4, 0.5) is 0 Å². The van der Waals surface area contributed by atoms with Crippen molar-refractivity contribution < 1.29 is 14.3 Å². The summed E-state index contributed by atoms with van der Waals surface area (Å²) in [5.74, 6) is 1.47. The zero-order valence-corrected chi connectivity index (χ0v) is 9.41. The fraction of sp³-hybridized carbons (Fsp3) is 0.700. The summed E-state index contributed by atoms with van der Waals surface area (Å²) in [7, 11) is 1.60. The van der Waals surface area contributed by atoms with Gasteiger partial charge >= 0.3 is 0 Å². The van der Waals surface area contributed by atoms with Gasteiger partial charge < -0.3 is 19.6 Å². The van der Waals surface area contributed by atoms with Crippen LogP contribution in [-0.4, -0.2) is 36.5 Å². The molecule has 0 aliphatic heterocycles. The number of methoxy groups -OCH3 is 1. The predicted octanol–water partition coefficient (Wildman–Crippen LogP) is 0.388. The first-order valence-corrected chi connectivity index (χ1v) is 4.93. The summed E-state index contributed by atoms with van der Waals surface area (Å²) >= 11 is 0. The van der Waals surface area contributed by atoms with E-state index in [1.807, 2.05) is 13.8 Å². The van der Waals surface area contributed by atoms with E-state index in [-0.39, 0.29) is 12.6 Å². The number of rotatable bonds is 6. The summed E-state index contributed by atoms with van der Waals surface area (Å²) in [5, 5.41) is 12.1. The van der Waals surface area contributed by atoms with Crippen molar-refractivity contribution in [3.05, 3.63) is 17.3 Å². The third-order valence-corrected chi connectivity index (χ3v) is 2.20. The lowest BCUT2D eigenvalue weighted by Gasteiger charge is -2.13. The Balaban J connectivity index is 2.41. The van der Waals surface area contributed by atoms with Crippen LogP contribution in [0.15, 0.2) is 4.42 Å². The van der Waals surface area contributed by atoms with Crippen LogP contribution in [-0.2, 0) is 11.3 Å². The molecular weight excluding hydrogens is 196 g/mol. The molecule has 5 nitrogen and oxygen atoms in total. The number of ether oxygens (including phenoxy) is 1. The van der Waals surface area contributed by atoms with Crippen molar-refractivity contribution in [2.75, 3.05) is 20.3 Å². The van der Waals surface area contributed by atoms with Crippen molar-refractivity contribution in [1.82, 2.24) is 10.3 Å². The maximum absolute atomic E-state index is 9.00. The number of hydrogen-bond donors (Lipinski definition) is 2. The van der Waals surface area contributed by atoms with Gasteiger partial charge in [-0.15, -0.1) is 0 Å². The number of aromatic nitrogens is 1. The summed E-state index contributed by atoms with van der Waals surface area (Å²) in [4.78, 5) is 4.22. The van der Waals surface area contributed by atoms with Gasteiger partial charge in [-0.05, 0) is 13.8 Å². The number of aliphatic hydroxyl groups excluding tert-OH is 1. The first-order valence-electron chi connectivity index (χ1n) is 4.93. The Morgan fingerprint density at radius 1 is 1.53 bits per heavy atom. The summed E-state index contributed by atoms with van der Waals surface area (Å²) in [6, 6.07) is -0.0810. The molecule has 2 N–H and O–H groups in total. The largest absolute Gasteiger partial charge is 0.444 e. The molecule has 1 rings (SSSR count). The molecule has 0 radical (unpaired) electrons. The molecule has 0 aliphatic carbocycles. The smallest absolute Gasteiger partial charge is 0.208 e. The highest BCUT2D eigenvalue weighted by atomic mass is 16.5. The second-order valence-electron chi connectivity index (χ2n) is 3.46. The van der Waals surface area contributed by atoms with Gasteiger partial charge in [0, 0.05) is 7.11 Å². The lowest BCUT2D eigenvalue weighted by molar-refractivity contribution is 0.126. The second-order valence-corrected chi connectivity index (χ2v) is 3.46. The first-order chi connectivity index (χ1) is 7.17. The van der Waals surface area contributed by atoms with Crippen molar-refractivity contribution in [1.29, 1.82) is 0 Å². The average molecular weight is 214 g/mol. The molecule has 15 heavy (non-hydrogen) atoms. The van der Waals surface area contributed by atoms with Gasteiger partial charge in [-0.3, -0.25) is 0 Å². The molecular formula is C10H18N2O3. The fourth-order valence-corrected chi connectivity index (χ4v) is 1.22. The van der Waals surface area contributed by atoms with E-state index < -0.39 is 0 Å². The fourth-order valence-electron chi connectivity index (χ4n) is 1.22. The van der Waals surface area contributed by atoms with Gasteiger partial charge in [0.25, 0.3) is 0 Å². The van der Waals surface area contributed by atoms with Crippen LogP contribution in [0.1, 0.15) is 17.3 Å². The minimum absolute atomic E-state index is 0.0342. The number of hydrogen-bond acceptors (Lipinski definition) is 5. The lowest BCUT2D eigenvalue weighted by Crippen LogP contribution is -2.35. The van der Waals surface area contributed by atoms with Crippen LogP contribution >= 0.6 is 0 Å². The molecule has 86 valence electrons. The highest BCUT2D eigenvalue weighted by molar-refractivity contribution is 5.05. The maximum atomic E-state index is 9.00. The molecule has 0 aromatic carbocycles. The zero-order valence-electron chi connectivity index (χ0n) is 9.41. The minimum atomic E-state index is -0.0810. The maximum Gasteiger partial charge on any atom is 0.208 e. The highest BCUT2D eigenvalue weighted by Gasteiger charge is 2.09. The topological polar surface area (TPSA) is 67.5 Å². The van der Waals surface area contributed by atoms with E-state index in [2.05, 4.69) is 10.3 Å². The highest BCUT2D eigenvalue weighted by Crippen LogP contribution is 2.07. The summed E-state index contributed by atoms with van der Waals surface area (Å²) in [5.41, 5.74) is 0.902. The average Bonchev–Trinajstić information content (AvgIpc) is 2.53. The molecule has 0 aliphatic rings. The van der Waals surface area contributed by atoms with Crippen LogP contribution in [0, 0.1) is 13.8 Å². The Bertz CT molecular complexity index is 279. The van der Waals surface area contributed by atoms with Crippen LogP contribution in [0.5, 0.6) is 0 Å². The molecule has 1 atom stereocenters. The summed E-state index contributed by atoms with van der Waals surface area (Å²) < 4.78 is 10.3. The van der Waals surface area contributed by atoms with Gasteiger partial charge in [0.05, 0.1) is 31.5 Å². The van der Waals surface area contributed by atoms with E-state index in [1.165, 1.54) is 0 Å². The molecule has 0 spiro atoms. The quantitative estimate of drug-likeness (QED) is 0.717. The van der Waals surface area contributed by atoms with Gasteiger partial charge in [0.1, 0.15) is 5.76 Å². The van der Waals surface area contributed by atoms with Gasteiger partial charge in [0.2, 0.25) is 5.89 Å². The SMILES string of the molecule is COCC(CO)NCc1nc(C)c(C)o1. The monoisotopic (exact) mass is 214 g/mol. The number of nitrogens with zero attached hydrogens (tertiary/aromatic N) is 1. The molecule has 0 saturated carbocycles. The van der Waals surface area contributed by atoms with Crippen molar-refractivity contribution in [3.8, 4) is 0 Å². The molecule has 1 unspecified atom stereocenters. The van der Waals surface area contributed by atoms with Crippen molar-refractivity contribution in [2.45, 2.75) is 26.4 Å². The van der Waals surface area contributed by atoms with E-state index in [9.17, 15) is 0 Å². The van der Waals surface area contributed by atoms with Gasteiger partial charge in [-0.25, -0.2) is 4.98 Å². The molecule has 0 saturated heterocycles. The van der Waals surface area contributed by atoms with Crippen LogP contribution < -0.4 is 5.32 Å². The Morgan fingerprint density at radius 3 is 2.73 bits per heavy atom. The van der Waals surface area contributed by atoms with Gasteiger partial charge in [-0.2, -0.15) is 0 Å². The van der Waals surface area contributed by atoms with Crippen molar-refractivity contribution >= 4 is 0 Å². The molecule has 5 heteroatoms. The third-order valence-electron chi connectivity index (χ3n) is 2.20. The third kappa shape index (κ3) is 3.62. The Hall–Kier alpha value is -0.910. The van der Waals surface area contributed by atoms with Crippen molar-refractivity contribution in [3.63, 3.8) is 0 Å². The van der Waals surface area contributed by atoms with Crippen LogP contribution in [0.3, 0.4) is 0 Å². The van der Waals surface area contributed by atoms with E-state index in [0.717, 1.165) is 11.5 Å². The lowest BCUT2D eigenvalue weighted by atomic mass is 10.3. The van der Waals surface area contributed by atoms with Gasteiger partial charge in [0.15, 0.2) is 0 Å². The molecule has 1 aromatic heterocycles. The number of aryl methyl sites for hydroxylation is 2. The predicted molar refractivity (Wildman–Crippen MR) is 55.6 cm³/mol. The van der Waals surface area contributed by atoms with Crippen LogP contribution in [0.25, 0.3) is 0 Å². The second kappa shape index (κ2) is 5.85. The minimum Gasteiger partial charge on any atom is -0.444 e. The Labute approximate surface area is 89.5 Å².